The van der Waals surface area contributed by atoms with E-state index in [9.17, 15) is 14.4 Å². The zero-order valence-corrected chi connectivity index (χ0v) is 14.8. The van der Waals surface area contributed by atoms with Gasteiger partial charge in [0, 0.05) is 12.1 Å². The summed E-state index contributed by atoms with van der Waals surface area (Å²) in [6, 6.07) is 13.8. The number of hydrazine groups is 1. The van der Waals surface area contributed by atoms with Gasteiger partial charge in [0.25, 0.3) is 5.91 Å². The number of amides is 3. The molecule has 0 saturated heterocycles. The third kappa shape index (κ3) is 5.89. The highest BCUT2D eigenvalue weighted by molar-refractivity contribution is 6.39. The smallest absolute Gasteiger partial charge is 0.328 e. The Bertz CT molecular complexity index is 850. The minimum atomic E-state index is -1.03. The molecule has 0 spiro atoms. The third-order valence-electron chi connectivity index (χ3n) is 3.39. The van der Waals surface area contributed by atoms with Crippen molar-refractivity contribution in [3.8, 4) is 11.5 Å². The van der Waals surface area contributed by atoms with Gasteiger partial charge in [0.05, 0.1) is 19.9 Å². The maximum atomic E-state index is 11.9. The van der Waals surface area contributed by atoms with Gasteiger partial charge in [0.15, 0.2) is 0 Å². The van der Waals surface area contributed by atoms with Gasteiger partial charge < -0.3 is 14.8 Å². The van der Waals surface area contributed by atoms with Crippen LogP contribution >= 0.6 is 0 Å². The molecule has 27 heavy (non-hydrogen) atoms. The molecule has 3 amide bonds. The summed E-state index contributed by atoms with van der Waals surface area (Å²) in [7, 11) is 2.92. The summed E-state index contributed by atoms with van der Waals surface area (Å²) in [4.78, 5) is 35.5. The average Bonchev–Trinajstić information content (AvgIpc) is 2.71. The summed E-state index contributed by atoms with van der Waals surface area (Å²) in [6.07, 6.45) is 2.81. The van der Waals surface area contributed by atoms with Gasteiger partial charge in [-0.05, 0) is 23.8 Å². The van der Waals surface area contributed by atoms with Crippen LogP contribution in [0.5, 0.6) is 11.5 Å². The summed E-state index contributed by atoms with van der Waals surface area (Å²) in [6.45, 7) is 0. The summed E-state index contributed by atoms with van der Waals surface area (Å²) in [5.74, 6) is -1.72. The second-order valence-electron chi connectivity index (χ2n) is 5.21. The van der Waals surface area contributed by atoms with Crippen molar-refractivity contribution in [2.24, 2.45) is 0 Å². The van der Waals surface area contributed by atoms with Gasteiger partial charge in [0.1, 0.15) is 11.5 Å². The van der Waals surface area contributed by atoms with E-state index in [1.807, 2.05) is 35.8 Å². The van der Waals surface area contributed by atoms with Gasteiger partial charge in [-0.3, -0.25) is 25.2 Å². The summed E-state index contributed by atoms with van der Waals surface area (Å²) in [5, 5.41) is 2.39. The molecule has 8 heteroatoms. The van der Waals surface area contributed by atoms with Gasteiger partial charge in [-0.2, -0.15) is 0 Å². The van der Waals surface area contributed by atoms with Crippen molar-refractivity contribution in [2.45, 2.75) is 0 Å². The van der Waals surface area contributed by atoms with E-state index in [-0.39, 0.29) is 5.69 Å². The maximum Gasteiger partial charge on any atom is 0.328 e. The number of carbonyl (C=O) groups excluding carboxylic acids is 3. The topological polar surface area (TPSA) is 106 Å². The van der Waals surface area contributed by atoms with Crippen LogP contribution in [0.15, 0.2) is 54.6 Å². The van der Waals surface area contributed by atoms with Gasteiger partial charge >= 0.3 is 11.8 Å². The number of ether oxygens (including phenoxy) is 2. The second kappa shape index (κ2) is 9.62. The van der Waals surface area contributed by atoms with Crippen LogP contribution in [0.3, 0.4) is 0 Å². The highest BCUT2D eigenvalue weighted by atomic mass is 16.5. The molecule has 0 atom stereocenters. The lowest BCUT2D eigenvalue weighted by atomic mass is 10.2. The Morgan fingerprint density at radius 3 is 2.30 bits per heavy atom. The van der Waals surface area contributed by atoms with Gasteiger partial charge in [-0.25, -0.2) is 0 Å². The molecule has 0 saturated carbocycles. The molecule has 0 heterocycles. The molecule has 140 valence electrons. The molecule has 0 aliphatic heterocycles. The Morgan fingerprint density at radius 2 is 1.63 bits per heavy atom. The molecule has 0 bridgehead atoms. The first-order chi connectivity index (χ1) is 13.0. The monoisotopic (exact) mass is 369 g/mol. The second-order valence-corrected chi connectivity index (χ2v) is 5.21. The molecule has 8 nitrogen and oxygen atoms in total. The molecule has 0 radical (unpaired) electrons. The molecular formula is C19H19N3O5. The first kappa shape index (κ1) is 19.5. The van der Waals surface area contributed by atoms with Gasteiger partial charge in [0.2, 0.25) is 0 Å². The lowest BCUT2D eigenvalue weighted by molar-refractivity contribution is -0.137. The van der Waals surface area contributed by atoms with Gasteiger partial charge in [-0.15, -0.1) is 0 Å². The lowest BCUT2D eigenvalue weighted by Crippen LogP contribution is -2.46. The van der Waals surface area contributed by atoms with Crippen LogP contribution in [0.4, 0.5) is 5.69 Å². The fraction of sp³-hybridized carbons (Fsp3) is 0.105. The summed E-state index contributed by atoms with van der Waals surface area (Å²) < 4.78 is 10.2. The Labute approximate surface area is 156 Å². The molecule has 0 aliphatic rings. The molecule has 0 unspecified atom stereocenters. The molecule has 3 N–H and O–H groups in total. The zero-order valence-electron chi connectivity index (χ0n) is 14.8. The SMILES string of the molecule is COc1ccc(NC(=O)C(=O)NNC(=O)/C=C/c2ccccc2)c(OC)c1. The predicted molar refractivity (Wildman–Crippen MR) is 99.9 cm³/mol. The largest absolute Gasteiger partial charge is 0.497 e. The van der Waals surface area contributed by atoms with E-state index < -0.39 is 17.7 Å². The fourth-order valence-electron chi connectivity index (χ4n) is 2.03. The predicted octanol–water partition coefficient (Wildman–Crippen LogP) is 1.50. The van der Waals surface area contributed by atoms with Crippen molar-refractivity contribution in [1.29, 1.82) is 0 Å². The molecule has 2 aromatic carbocycles. The number of anilines is 1. The van der Waals surface area contributed by atoms with Crippen molar-refractivity contribution in [1.82, 2.24) is 10.9 Å². The summed E-state index contributed by atoms with van der Waals surface area (Å²) >= 11 is 0. The number of benzene rings is 2. The lowest BCUT2D eigenvalue weighted by Gasteiger charge is -2.11. The Morgan fingerprint density at radius 1 is 0.889 bits per heavy atom. The van der Waals surface area contributed by atoms with Crippen LogP contribution in [-0.2, 0) is 14.4 Å². The average molecular weight is 369 g/mol. The highest BCUT2D eigenvalue weighted by Gasteiger charge is 2.16. The van der Waals surface area contributed by atoms with Crippen molar-refractivity contribution in [3.63, 3.8) is 0 Å². The number of hydrogen-bond donors (Lipinski definition) is 3. The van der Waals surface area contributed by atoms with Crippen molar-refractivity contribution < 1.29 is 23.9 Å². The van der Waals surface area contributed by atoms with E-state index in [2.05, 4.69) is 10.7 Å². The van der Waals surface area contributed by atoms with Crippen molar-refractivity contribution in [3.05, 3.63) is 60.2 Å². The van der Waals surface area contributed by atoms with Gasteiger partial charge in [-0.1, -0.05) is 30.3 Å². The molecule has 0 fully saturated rings. The minimum Gasteiger partial charge on any atom is -0.497 e. The quantitative estimate of drug-likeness (QED) is 0.421. The number of hydrogen-bond acceptors (Lipinski definition) is 5. The van der Waals surface area contributed by atoms with Crippen LogP contribution in [0.25, 0.3) is 6.08 Å². The molecule has 0 aromatic heterocycles. The first-order valence-electron chi connectivity index (χ1n) is 7.90. The van der Waals surface area contributed by atoms with Crippen LogP contribution in [0, 0.1) is 0 Å². The van der Waals surface area contributed by atoms with Crippen molar-refractivity contribution >= 4 is 29.5 Å². The zero-order chi connectivity index (χ0) is 19.6. The normalized spacial score (nSPS) is 10.1. The number of carbonyl (C=O) groups is 3. The molecular weight excluding hydrogens is 350 g/mol. The Hall–Kier alpha value is -3.81. The summed E-state index contributed by atoms with van der Waals surface area (Å²) in [5.41, 5.74) is 5.27. The van der Waals surface area contributed by atoms with Crippen LogP contribution in [-0.4, -0.2) is 31.9 Å². The Kier molecular flexibility index (Phi) is 6.95. The fourth-order valence-corrected chi connectivity index (χ4v) is 2.03. The van der Waals surface area contributed by atoms with E-state index in [1.165, 1.54) is 26.4 Å². The molecule has 2 aromatic rings. The third-order valence-corrected chi connectivity index (χ3v) is 3.39. The van der Waals surface area contributed by atoms with Crippen LogP contribution < -0.4 is 25.6 Å². The number of methoxy groups -OCH3 is 2. The highest BCUT2D eigenvalue weighted by Crippen LogP contribution is 2.28. The Balaban J connectivity index is 1.88. The van der Waals surface area contributed by atoms with E-state index in [0.29, 0.717) is 11.5 Å². The van der Waals surface area contributed by atoms with E-state index >= 15 is 0 Å². The maximum absolute atomic E-state index is 11.9. The number of rotatable bonds is 5. The van der Waals surface area contributed by atoms with E-state index in [4.69, 9.17) is 9.47 Å². The van der Waals surface area contributed by atoms with E-state index in [1.54, 1.807) is 18.2 Å². The van der Waals surface area contributed by atoms with Crippen LogP contribution in [0.1, 0.15) is 5.56 Å². The van der Waals surface area contributed by atoms with Crippen LogP contribution in [0.2, 0.25) is 0 Å². The minimum absolute atomic E-state index is 0.286. The van der Waals surface area contributed by atoms with E-state index in [0.717, 1.165) is 5.56 Å². The molecule has 2 rings (SSSR count). The molecule has 0 aliphatic carbocycles. The standard InChI is InChI=1S/C19H19N3O5/c1-26-14-9-10-15(16(12-14)27-2)20-18(24)19(25)22-21-17(23)11-8-13-6-4-3-5-7-13/h3-12H,1-2H3,(H,20,24)(H,21,23)(H,22,25)/b11-8+. The number of nitrogens with one attached hydrogen (secondary N) is 3. The first-order valence-corrected chi connectivity index (χ1v) is 7.90. The van der Waals surface area contributed by atoms with Crippen molar-refractivity contribution in [2.75, 3.05) is 19.5 Å².